The van der Waals surface area contributed by atoms with Crippen molar-refractivity contribution >= 4 is 23.1 Å². The van der Waals surface area contributed by atoms with Crippen LogP contribution in [0.4, 0.5) is 23.9 Å². The number of nitrogens with one attached hydrogen (secondary N) is 2. The van der Waals surface area contributed by atoms with Crippen LogP contribution in [-0.4, -0.2) is 59.7 Å². The monoisotopic (exact) mass is 592 g/mol. The van der Waals surface area contributed by atoms with Gasteiger partial charge in [0.2, 0.25) is 17.7 Å². The number of piperidine rings is 1. The van der Waals surface area contributed by atoms with E-state index >= 15 is 0 Å². The Bertz CT molecular complexity index is 1760. The molecule has 2 atom stereocenters. The normalized spacial score (nSPS) is 17.3. The fraction of sp³-hybridized carbons (Fsp3) is 0.310. The number of alkyl halides is 3. The lowest BCUT2D eigenvalue weighted by molar-refractivity contribution is -0.137. The van der Waals surface area contributed by atoms with E-state index < -0.39 is 17.8 Å². The zero-order valence-corrected chi connectivity index (χ0v) is 23.2. The first-order valence-electron chi connectivity index (χ1n) is 13.6. The number of rotatable bonds is 6. The number of amides is 1. The van der Waals surface area contributed by atoms with Gasteiger partial charge in [0, 0.05) is 48.9 Å². The minimum Gasteiger partial charge on any atom is -0.445 e. The number of H-pyrrole nitrogens is 1. The molecule has 222 valence electrons. The highest BCUT2D eigenvalue weighted by molar-refractivity contribution is 5.94. The summed E-state index contributed by atoms with van der Waals surface area (Å²) >= 11 is 0. The molecule has 6 rings (SSSR count). The number of likely N-dealkylation sites (tertiary alicyclic amines) is 1. The van der Waals surface area contributed by atoms with Gasteiger partial charge in [-0.1, -0.05) is 35.5 Å². The van der Waals surface area contributed by atoms with Crippen molar-refractivity contribution in [3.63, 3.8) is 0 Å². The Balaban J connectivity index is 1.24. The first-order chi connectivity index (χ1) is 20.7. The highest BCUT2D eigenvalue weighted by atomic mass is 19.4. The molecule has 2 N–H and O–H groups in total. The lowest BCUT2D eigenvalue weighted by Crippen LogP contribution is -2.50. The predicted octanol–water partition coefficient (Wildman–Crippen LogP) is 6.00. The number of halogens is 3. The maximum Gasteiger partial charge on any atom is 0.419 e. The van der Waals surface area contributed by atoms with Crippen LogP contribution in [0.3, 0.4) is 0 Å². The number of aromatic amines is 1. The minimum absolute atomic E-state index is 0.0151. The van der Waals surface area contributed by atoms with Crippen molar-refractivity contribution in [2.75, 3.05) is 11.9 Å². The van der Waals surface area contributed by atoms with E-state index in [0.29, 0.717) is 35.5 Å². The third kappa shape index (κ3) is 5.98. The molecule has 11 nitrogen and oxygen atoms in total. The zero-order chi connectivity index (χ0) is 30.1. The maximum absolute atomic E-state index is 14.1. The molecule has 0 spiro atoms. The Morgan fingerprint density at radius 2 is 1.95 bits per heavy atom. The van der Waals surface area contributed by atoms with E-state index in [1.54, 1.807) is 24.0 Å². The molecule has 5 aromatic rings. The number of fused-ring (bicyclic) bond motifs is 1. The molecule has 14 heteroatoms. The van der Waals surface area contributed by atoms with E-state index in [1.165, 1.54) is 6.20 Å². The van der Waals surface area contributed by atoms with Crippen molar-refractivity contribution in [3.8, 4) is 22.8 Å². The van der Waals surface area contributed by atoms with Gasteiger partial charge in [-0.3, -0.25) is 0 Å². The van der Waals surface area contributed by atoms with Gasteiger partial charge in [-0.05, 0) is 37.5 Å². The van der Waals surface area contributed by atoms with Crippen LogP contribution in [0.1, 0.15) is 36.8 Å². The summed E-state index contributed by atoms with van der Waals surface area (Å²) < 4.78 is 52.8. The zero-order valence-electron chi connectivity index (χ0n) is 23.2. The van der Waals surface area contributed by atoms with Crippen LogP contribution >= 0.6 is 0 Å². The molecule has 0 aliphatic carbocycles. The van der Waals surface area contributed by atoms with Crippen LogP contribution in [0.15, 0.2) is 59.4 Å². The van der Waals surface area contributed by atoms with Crippen molar-refractivity contribution in [2.45, 2.75) is 51.6 Å². The second kappa shape index (κ2) is 11.3. The lowest BCUT2D eigenvalue weighted by atomic mass is 10.00. The van der Waals surface area contributed by atoms with Gasteiger partial charge in [0.1, 0.15) is 23.5 Å². The number of hydrogen-bond donors (Lipinski definition) is 2. The van der Waals surface area contributed by atoms with E-state index in [1.807, 2.05) is 37.3 Å². The maximum atomic E-state index is 14.1. The molecule has 1 amide bonds. The summed E-state index contributed by atoms with van der Waals surface area (Å²) in [7, 11) is 0. The molecule has 0 radical (unpaired) electrons. The molecule has 0 saturated carbocycles. The number of carbonyl (C=O) groups is 1. The number of nitrogens with zero attached hydrogens (tertiary/aromatic N) is 6. The Hall–Kier alpha value is -5.01. The van der Waals surface area contributed by atoms with E-state index in [0.717, 1.165) is 11.8 Å². The molecule has 1 aliphatic rings. The summed E-state index contributed by atoms with van der Waals surface area (Å²) in [4.78, 5) is 34.3. The van der Waals surface area contributed by atoms with Crippen molar-refractivity contribution in [3.05, 3.63) is 71.9 Å². The van der Waals surface area contributed by atoms with Crippen LogP contribution in [-0.2, 0) is 17.5 Å². The first kappa shape index (κ1) is 28.1. The number of ether oxygens (including phenoxy) is 1. The van der Waals surface area contributed by atoms with Crippen LogP contribution in [0.2, 0.25) is 0 Å². The quantitative estimate of drug-likeness (QED) is 0.243. The van der Waals surface area contributed by atoms with Crippen molar-refractivity contribution in [1.82, 2.24) is 35.0 Å². The van der Waals surface area contributed by atoms with Crippen LogP contribution in [0, 0.1) is 6.92 Å². The number of aryl methyl sites for hydroxylation is 1. The molecule has 1 aliphatic heterocycles. The van der Waals surface area contributed by atoms with Gasteiger partial charge in [-0.15, -0.1) is 0 Å². The summed E-state index contributed by atoms with van der Waals surface area (Å²) in [6, 6.07) is 12.2. The molecule has 4 aromatic heterocycles. The van der Waals surface area contributed by atoms with E-state index in [4.69, 9.17) is 9.26 Å². The standard InChI is InChI=1S/C29H27F3N8O3/c1-16-8-9-19(14-40(16)28(41)42-15-18-6-4-3-5-7-18)36-27-34-13-22(29(30,31)32)24(38-27)21-12-33-25-20(21)10-11-23(37-25)26-35-17(2)43-39-26/h3-7,10-13,16,19H,8-9,14-15H2,1-2H3,(H,33,37)(H,34,36,38)/t16-,19-/m1/s1. The molecular weight excluding hydrogens is 565 g/mol. The fourth-order valence-corrected chi connectivity index (χ4v) is 5.06. The second-order valence-electron chi connectivity index (χ2n) is 10.3. The summed E-state index contributed by atoms with van der Waals surface area (Å²) in [5.41, 5.74) is 0.526. The highest BCUT2D eigenvalue weighted by Crippen LogP contribution is 2.39. The molecule has 0 unspecified atom stereocenters. The molecule has 1 aromatic carbocycles. The minimum atomic E-state index is -4.70. The van der Waals surface area contributed by atoms with Crippen molar-refractivity contribution in [1.29, 1.82) is 0 Å². The van der Waals surface area contributed by atoms with Gasteiger partial charge in [0.05, 0.1) is 5.69 Å². The fourth-order valence-electron chi connectivity index (χ4n) is 5.06. The van der Waals surface area contributed by atoms with Gasteiger partial charge in [0.15, 0.2) is 0 Å². The number of pyridine rings is 1. The average molecular weight is 593 g/mol. The number of anilines is 1. The van der Waals surface area contributed by atoms with E-state index in [2.05, 4.69) is 35.4 Å². The van der Waals surface area contributed by atoms with Gasteiger partial charge in [-0.25, -0.2) is 19.7 Å². The number of benzene rings is 1. The van der Waals surface area contributed by atoms with Crippen LogP contribution in [0.25, 0.3) is 33.8 Å². The third-order valence-electron chi connectivity index (χ3n) is 7.30. The third-order valence-corrected chi connectivity index (χ3v) is 7.30. The molecule has 0 bridgehead atoms. The summed E-state index contributed by atoms with van der Waals surface area (Å²) in [5, 5.41) is 7.40. The van der Waals surface area contributed by atoms with E-state index in [-0.39, 0.29) is 48.3 Å². The second-order valence-corrected chi connectivity index (χ2v) is 10.3. The Kier molecular flexibility index (Phi) is 7.42. The molecular formula is C29H27F3N8O3. The Morgan fingerprint density at radius 3 is 2.70 bits per heavy atom. The van der Waals surface area contributed by atoms with Crippen molar-refractivity contribution < 1.29 is 27.2 Å². The first-order valence-corrected chi connectivity index (χ1v) is 13.6. The van der Waals surface area contributed by atoms with E-state index in [9.17, 15) is 18.0 Å². The summed E-state index contributed by atoms with van der Waals surface area (Å²) in [6.07, 6.45) is -1.63. The van der Waals surface area contributed by atoms with Gasteiger partial charge >= 0.3 is 12.3 Å². The topological polar surface area (TPSA) is 135 Å². The van der Waals surface area contributed by atoms with Crippen LogP contribution in [0.5, 0.6) is 0 Å². The van der Waals surface area contributed by atoms with Gasteiger partial charge in [0.25, 0.3) is 0 Å². The largest absolute Gasteiger partial charge is 0.445 e. The molecule has 1 fully saturated rings. The number of aromatic nitrogens is 6. The SMILES string of the molecule is Cc1nc(-c2ccc3c(-c4nc(N[C@@H]5CC[C@@H](C)N(C(=O)OCc6ccccc6)C5)ncc4C(F)(F)F)c[nH]c3n2)no1. The molecule has 43 heavy (non-hydrogen) atoms. The highest BCUT2D eigenvalue weighted by Gasteiger charge is 2.37. The van der Waals surface area contributed by atoms with Crippen molar-refractivity contribution in [2.24, 2.45) is 0 Å². The van der Waals surface area contributed by atoms with Crippen LogP contribution < -0.4 is 5.32 Å². The average Bonchev–Trinajstić information content (AvgIpc) is 3.62. The summed E-state index contributed by atoms with van der Waals surface area (Å²) in [5.74, 6) is 0.640. The Morgan fingerprint density at radius 1 is 1.14 bits per heavy atom. The number of hydrogen-bond acceptors (Lipinski definition) is 9. The smallest absolute Gasteiger partial charge is 0.419 e. The van der Waals surface area contributed by atoms with Gasteiger partial charge in [-0.2, -0.15) is 18.2 Å². The summed E-state index contributed by atoms with van der Waals surface area (Å²) in [6.45, 7) is 4.00. The molecule has 5 heterocycles. The predicted molar refractivity (Wildman–Crippen MR) is 150 cm³/mol. The lowest BCUT2D eigenvalue weighted by Gasteiger charge is -2.37. The number of carbonyl (C=O) groups excluding carboxylic acids is 1. The van der Waals surface area contributed by atoms with Gasteiger partial charge < -0.3 is 24.5 Å². The molecule has 1 saturated heterocycles. The Labute approximate surface area is 243 Å².